The van der Waals surface area contributed by atoms with Crippen LogP contribution in [0.5, 0.6) is 11.5 Å². The van der Waals surface area contributed by atoms with Crippen LogP contribution in [-0.4, -0.2) is 29.7 Å². The monoisotopic (exact) mass is 363 g/mol. The van der Waals surface area contributed by atoms with Crippen LogP contribution in [0, 0.1) is 0 Å². The first-order chi connectivity index (χ1) is 13.2. The normalized spacial score (nSPS) is 12.5. The van der Waals surface area contributed by atoms with E-state index in [4.69, 9.17) is 9.47 Å². The highest BCUT2D eigenvalue weighted by atomic mass is 16.5. The Labute approximate surface area is 157 Å². The molecule has 4 rings (SSSR count). The van der Waals surface area contributed by atoms with Crippen LogP contribution in [0.2, 0.25) is 0 Å². The fraction of sp³-hybridized carbons (Fsp3) is 0.238. The minimum Gasteiger partial charge on any atom is -0.497 e. The van der Waals surface area contributed by atoms with Crippen molar-refractivity contribution in [2.24, 2.45) is 0 Å². The van der Waals surface area contributed by atoms with Crippen molar-refractivity contribution in [1.82, 2.24) is 9.55 Å². The number of benzene rings is 2. The lowest BCUT2D eigenvalue weighted by Gasteiger charge is -2.11. The molecule has 6 nitrogen and oxygen atoms in total. The lowest BCUT2D eigenvalue weighted by Crippen LogP contribution is -2.12. The van der Waals surface area contributed by atoms with Gasteiger partial charge in [-0.3, -0.25) is 4.79 Å². The summed E-state index contributed by atoms with van der Waals surface area (Å²) in [6.45, 7) is 0.991. The van der Waals surface area contributed by atoms with Gasteiger partial charge in [-0.25, -0.2) is 4.98 Å². The molecule has 0 spiro atoms. The second-order valence-corrected chi connectivity index (χ2v) is 6.45. The van der Waals surface area contributed by atoms with Crippen LogP contribution in [0.15, 0.2) is 48.7 Å². The molecule has 1 aromatic heterocycles. The first-order valence-corrected chi connectivity index (χ1v) is 8.87. The summed E-state index contributed by atoms with van der Waals surface area (Å²) in [5.74, 6) is 2.05. The molecule has 3 aromatic rings. The molecule has 2 heterocycles. The number of carbonyl (C=O) groups excluding carboxylic acids is 1. The highest BCUT2D eigenvalue weighted by Crippen LogP contribution is 2.28. The van der Waals surface area contributed by atoms with Crippen molar-refractivity contribution >= 4 is 11.6 Å². The Balaban J connectivity index is 1.59. The number of fused-ring (bicyclic) bond motifs is 1. The third-order valence-electron chi connectivity index (χ3n) is 4.75. The maximum absolute atomic E-state index is 12.7. The molecule has 0 atom stereocenters. The van der Waals surface area contributed by atoms with E-state index in [1.165, 1.54) is 0 Å². The van der Waals surface area contributed by atoms with Crippen molar-refractivity contribution < 1.29 is 14.3 Å². The third kappa shape index (κ3) is 3.38. The molecule has 0 fully saturated rings. The third-order valence-corrected chi connectivity index (χ3v) is 4.75. The van der Waals surface area contributed by atoms with E-state index < -0.39 is 0 Å². The van der Waals surface area contributed by atoms with Crippen LogP contribution in [0.4, 0.5) is 5.69 Å². The van der Waals surface area contributed by atoms with Crippen molar-refractivity contribution in [2.45, 2.75) is 19.4 Å². The van der Waals surface area contributed by atoms with Crippen molar-refractivity contribution in [3.8, 4) is 22.8 Å². The van der Waals surface area contributed by atoms with Crippen LogP contribution in [-0.2, 0) is 13.0 Å². The van der Waals surface area contributed by atoms with E-state index in [2.05, 4.69) is 14.9 Å². The number of imidazole rings is 1. The van der Waals surface area contributed by atoms with Crippen LogP contribution in [0.25, 0.3) is 11.3 Å². The molecule has 6 heteroatoms. The van der Waals surface area contributed by atoms with Gasteiger partial charge in [-0.2, -0.15) is 0 Å². The number of nitrogens with zero attached hydrogens (tertiary/aromatic N) is 2. The number of hydrogen-bond acceptors (Lipinski definition) is 4. The number of aryl methyl sites for hydroxylation is 1. The van der Waals surface area contributed by atoms with Crippen molar-refractivity contribution in [3.63, 3.8) is 0 Å². The van der Waals surface area contributed by atoms with Crippen molar-refractivity contribution in [3.05, 3.63) is 60.0 Å². The standard InChI is InChI=1S/C21H21N3O3/c1-26-17-10-15(11-18(12-17)27-2)21(25)23-16-6-3-5-14(9-16)19-13-22-20-7-4-8-24(19)20/h3,5-6,9-13H,4,7-8H2,1-2H3,(H,23,25). The van der Waals surface area contributed by atoms with Gasteiger partial charge in [0.25, 0.3) is 5.91 Å². The van der Waals surface area contributed by atoms with Crippen LogP contribution >= 0.6 is 0 Å². The zero-order valence-corrected chi connectivity index (χ0v) is 15.4. The zero-order chi connectivity index (χ0) is 18.8. The molecule has 138 valence electrons. The highest BCUT2D eigenvalue weighted by Gasteiger charge is 2.17. The van der Waals surface area contributed by atoms with Crippen LogP contribution < -0.4 is 14.8 Å². The molecule has 1 aliphatic rings. The Morgan fingerprint density at radius 2 is 1.89 bits per heavy atom. The van der Waals surface area contributed by atoms with Crippen molar-refractivity contribution in [2.75, 3.05) is 19.5 Å². The lowest BCUT2D eigenvalue weighted by atomic mass is 10.1. The van der Waals surface area contributed by atoms with Gasteiger partial charge in [-0.05, 0) is 30.7 Å². The number of nitrogens with one attached hydrogen (secondary N) is 1. The van der Waals surface area contributed by atoms with E-state index in [0.29, 0.717) is 17.1 Å². The van der Waals surface area contributed by atoms with Gasteiger partial charge in [-0.1, -0.05) is 12.1 Å². The Morgan fingerprint density at radius 3 is 2.63 bits per heavy atom. The van der Waals surface area contributed by atoms with E-state index >= 15 is 0 Å². The zero-order valence-electron chi connectivity index (χ0n) is 15.4. The fourth-order valence-corrected chi connectivity index (χ4v) is 3.39. The first-order valence-electron chi connectivity index (χ1n) is 8.87. The molecule has 0 bridgehead atoms. The number of amides is 1. The van der Waals surface area contributed by atoms with Gasteiger partial charge >= 0.3 is 0 Å². The smallest absolute Gasteiger partial charge is 0.255 e. The number of anilines is 1. The van der Waals surface area contributed by atoms with E-state index in [1.54, 1.807) is 32.4 Å². The quantitative estimate of drug-likeness (QED) is 0.749. The molecule has 2 aromatic carbocycles. The largest absolute Gasteiger partial charge is 0.497 e. The number of methoxy groups -OCH3 is 2. The van der Waals surface area contributed by atoms with Gasteiger partial charge in [0.15, 0.2) is 0 Å². The SMILES string of the molecule is COc1cc(OC)cc(C(=O)Nc2cccc(-c3cnc4n3CCC4)c2)c1. The lowest BCUT2D eigenvalue weighted by molar-refractivity contribution is 0.102. The Hall–Kier alpha value is -3.28. The van der Waals surface area contributed by atoms with E-state index in [0.717, 1.165) is 42.2 Å². The Kier molecular flexibility index (Phi) is 4.54. The maximum atomic E-state index is 12.7. The molecule has 1 N–H and O–H groups in total. The number of ether oxygens (including phenoxy) is 2. The summed E-state index contributed by atoms with van der Waals surface area (Å²) in [6.07, 6.45) is 4.06. The van der Waals surface area contributed by atoms with Crippen LogP contribution in [0.1, 0.15) is 22.6 Å². The average molecular weight is 363 g/mol. The summed E-state index contributed by atoms with van der Waals surface area (Å²) < 4.78 is 12.7. The van der Waals surface area contributed by atoms with Gasteiger partial charge in [-0.15, -0.1) is 0 Å². The van der Waals surface area contributed by atoms with Gasteiger partial charge in [0.05, 0.1) is 26.1 Å². The van der Waals surface area contributed by atoms with Gasteiger partial charge in [0.1, 0.15) is 17.3 Å². The molecule has 1 aliphatic heterocycles. The Morgan fingerprint density at radius 1 is 1.11 bits per heavy atom. The van der Waals surface area contributed by atoms with Crippen molar-refractivity contribution in [1.29, 1.82) is 0 Å². The molecule has 0 saturated heterocycles. The predicted octanol–water partition coefficient (Wildman–Crippen LogP) is 3.77. The number of aromatic nitrogens is 2. The molecule has 0 saturated carbocycles. The summed E-state index contributed by atoms with van der Waals surface area (Å²) in [6, 6.07) is 12.9. The van der Waals surface area contributed by atoms with E-state index in [-0.39, 0.29) is 5.91 Å². The fourth-order valence-electron chi connectivity index (χ4n) is 3.39. The number of hydrogen-bond donors (Lipinski definition) is 1. The molecule has 27 heavy (non-hydrogen) atoms. The highest BCUT2D eigenvalue weighted by molar-refractivity contribution is 6.05. The topological polar surface area (TPSA) is 65.4 Å². The van der Waals surface area contributed by atoms with E-state index in [1.807, 2.05) is 30.5 Å². The summed E-state index contributed by atoms with van der Waals surface area (Å²) in [7, 11) is 3.12. The predicted molar refractivity (Wildman–Crippen MR) is 103 cm³/mol. The summed E-state index contributed by atoms with van der Waals surface area (Å²) in [5.41, 5.74) is 3.33. The number of rotatable bonds is 5. The maximum Gasteiger partial charge on any atom is 0.255 e. The second kappa shape index (κ2) is 7.15. The average Bonchev–Trinajstić information content (AvgIpc) is 3.31. The van der Waals surface area contributed by atoms with Gasteiger partial charge in [0, 0.05) is 35.8 Å². The van der Waals surface area contributed by atoms with Gasteiger partial charge < -0.3 is 19.4 Å². The number of carbonyl (C=O) groups is 1. The van der Waals surface area contributed by atoms with Gasteiger partial charge in [0.2, 0.25) is 0 Å². The minimum atomic E-state index is -0.220. The van der Waals surface area contributed by atoms with Crippen LogP contribution in [0.3, 0.4) is 0 Å². The Bertz CT molecular complexity index is 972. The first kappa shape index (κ1) is 17.1. The molecular weight excluding hydrogens is 342 g/mol. The second-order valence-electron chi connectivity index (χ2n) is 6.45. The molecular formula is C21H21N3O3. The summed E-state index contributed by atoms with van der Waals surface area (Å²) in [4.78, 5) is 17.2. The van der Waals surface area contributed by atoms with E-state index in [9.17, 15) is 4.79 Å². The summed E-state index contributed by atoms with van der Waals surface area (Å²) >= 11 is 0. The molecule has 0 aliphatic carbocycles. The molecule has 0 unspecified atom stereocenters. The minimum absolute atomic E-state index is 0.220. The summed E-state index contributed by atoms with van der Waals surface area (Å²) in [5, 5.41) is 2.95. The molecule has 0 radical (unpaired) electrons. The molecule has 1 amide bonds.